The summed E-state index contributed by atoms with van der Waals surface area (Å²) in [5.41, 5.74) is 4.03. The van der Waals surface area contributed by atoms with E-state index in [1.807, 2.05) is 0 Å². The fraction of sp³-hybridized carbons (Fsp3) is 0.867. The van der Waals surface area contributed by atoms with Crippen molar-refractivity contribution in [1.29, 1.82) is 0 Å². The third-order valence-corrected chi connectivity index (χ3v) is 10.4. The number of rotatable bonds is 37. The Morgan fingerprint density at radius 2 is 0.565 bits per heavy atom. The quantitative estimate of drug-likeness (QED) is 0.0661. The van der Waals surface area contributed by atoms with Crippen molar-refractivity contribution in [1.82, 2.24) is 4.98 Å². The van der Waals surface area contributed by atoms with Gasteiger partial charge in [0.05, 0.1) is 0 Å². The third kappa shape index (κ3) is 29.3. The lowest BCUT2D eigenvalue weighted by atomic mass is 10.0. The van der Waals surface area contributed by atoms with E-state index in [-0.39, 0.29) is 0 Å². The molecule has 0 saturated heterocycles. The van der Waals surface area contributed by atoms with Gasteiger partial charge in [0.15, 0.2) is 0 Å². The molecule has 269 valence electrons. The molecule has 0 spiro atoms. The fourth-order valence-corrected chi connectivity index (χ4v) is 7.18. The van der Waals surface area contributed by atoms with Crippen molar-refractivity contribution in [2.75, 3.05) is 0 Å². The number of aromatic nitrogens is 1. The minimum atomic E-state index is 0.889. The van der Waals surface area contributed by atoms with Gasteiger partial charge in [-0.25, -0.2) is 0 Å². The van der Waals surface area contributed by atoms with Gasteiger partial charge in [-0.05, 0) is 56.7 Å². The summed E-state index contributed by atoms with van der Waals surface area (Å²) in [6, 6.07) is 4.66. The van der Waals surface area contributed by atoms with Crippen LogP contribution in [0.3, 0.4) is 0 Å². The first-order valence-corrected chi connectivity index (χ1v) is 21.6. The van der Waals surface area contributed by atoms with Crippen LogP contribution in [0.15, 0.2) is 12.1 Å². The zero-order valence-corrected chi connectivity index (χ0v) is 32.0. The Bertz CT molecular complexity index is 667. The summed E-state index contributed by atoms with van der Waals surface area (Å²) in [6.07, 6.45) is 51.9. The Labute approximate surface area is 291 Å². The van der Waals surface area contributed by atoms with Gasteiger partial charge in [0, 0.05) is 11.4 Å². The van der Waals surface area contributed by atoms with Crippen LogP contribution in [0, 0.1) is 6.92 Å². The molecule has 0 aromatic carbocycles. The van der Waals surface area contributed by atoms with Crippen LogP contribution in [0.4, 0.5) is 0 Å². The molecule has 1 heterocycles. The van der Waals surface area contributed by atoms with Crippen LogP contribution in [0.5, 0.6) is 0 Å². The summed E-state index contributed by atoms with van der Waals surface area (Å²) in [4.78, 5) is 5.08. The molecule has 1 heteroatoms. The average molecular weight is 639 g/mol. The largest absolute Gasteiger partial charge is 0.258 e. The number of pyridine rings is 1. The first-order chi connectivity index (χ1) is 22.8. The number of nitrogens with zero attached hydrogens (tertiary/aromatic N) is 1. The van der Waals surface area contributed by atoms with E-state index in [2.05, 4.69) is 32.9 Å². The molecule has 1 rings (SSSR count). The van der Waals surface area contributed by atoms with Gasteiger partial charge in [0.2, 0.25) is 0 Å². The summed E-state index contributed by atoms with van der Waals surface area (Å²) in [5.74, 6) is 0. The summed E-state index contributed by atoms with van der Waals surface area (Å²) in [5, 5.41) is 0. The van der Waals surface area contributed by atoms with Crippen LogP contribution < -0.4 is 0 Å². The van der Waals surface area contributed by atoms with E-state index in [1.54, 1.807) is 0 Å². The second-order valence-electron chi connectivity index (χ2n) is 15.0. The van der Waals surface area contributed by atoms with Crippen molar-refractivity contribution in [2.24, 2.45) is 0 Å². The van der Waals surface area contributed by atoms with E-state index in [1.165, 1.54) is 235 Å². The molecule has 0 amide bonds. The molecule has 1 aromatic rings. The van der Waals surface area contributed by atoms with Crippen molar-refractivity contribution in [2.45, 2.75) is 251 Å². The van der Waals surface area contributed by atoms with Gasteiger partial charge in [0.25, 0.3) is 0 Å². The topological polar surface area (TPSA) is 12.9 Å². The molecule has 0 N–H and O–H groups in total. The zero-order chi connectivity index (χ0) is 33.0. The minimum absolute atomic E-state index is 0.889. The lowest BCUT2D eigenvalue weighted by molar-refractivity contribution is 0.526. The summed E-state index contributed by atoms with van der Waals surface area (Å²) in [6.45, 7) is 8.79. The van der Waals surface area contributed by atoms with E-state index in [4.69, 9.17) is 4.98 Å². The Balaban J connectivity index is 1.95. The minimum Gasteiger partial charge on any atom is -0.258 e. The SMILES string of the molecule is [CH2]Cc1cc(CCCCCCCCCCCCCCCCCCC)nc(CCCCCCCCCCCCCCCCCCC)c1. The molecule has 1 radical (unpaired) electrons. The molecular weight excluding hydrogens is 555 g/mol. The monoisotopic (exact) mass is 639 g/mol. The highest BCUT2D eigenvalue weighted by atomic mass is 14.7. The molecule has 0 aliphatic carbocycles. The van der Waals surface area contributed by atoms with E-state index in [0.29, 0.717) is 0 Å². The summed E-state index contributed by atoms with van der Waals surface area (Å²) >= 11 is 0. The molecule has 0 bridgehead atoms. The predicted molar refractivity (Wildman–Crippen MR) is 209 cm³/mol. The van der Waals surface area contributed by atoms with Gasteiger partial charge in [-0.2, -0.15) is 0 Å². The standard InChI is InChI=1S/C45H84N/c1-4-7-9-11-13-15-17-19-21-23-25-27-29-31-33-35-37-39-44-41-43(6-3)42-45(46-44)40-38-36-34-32-30-28-26-24-22-20-18-16-14-12-10-8-5-2/h41-42H,3-40H2,1-2H3. The van der Waals surface area contributed by atoms with E-state index >= 15 is 0 Å². The molecular formula is C45H84N. The molecule has 46 heavy (non-hydrogen) atoms. The van der Waals surface area contributed by atoms with E-state index < -0.39 is 0 Å². The first kappa shape index (κ1) is 43.2. The van der Waals surface area contributed by atoms with Crippen LogP contribution in [-0.4, -0.2) is 4.98 Å². The maximum Gasteiger partial charge on any atom is 0.0409 e. The highest BCUT2D eigenvalue weighted by molar-refractivity contribution is 5.22. The lowest BCUT2D eigenvalue weighted by Crippen LogP contribution is -2.00. The van der Waals surface area contributed by atoms with Gasteiger partial charge >= 0.3 is 0 Å². The lowest BCUT2D eigenvalue weighted by Gasteiger charge is -2.09. The van der Waals surface area contributed by atoms with Gasteiger partial charge in [-0.15, -0.1) is 0 Å². The van der Waals surface area contributed by atoms with Crippen molar-refractivity contribution in [3.8, 4) is 0 Å². The molecule has 0 fully saturated rings. The number of hydrogen-bond donors (Lipinski definition) is 0. The van der Waals surface area contributed by atoms with Gasteiger partial charge < -0.3 is 0 Å². The molecule has 1 nitrogen and oxygen atoms in total. The average Bonchev–Trinajstić information content (AvgIpc) is 3.07. The van der Waals surface area contributed by atoms with E-state index in [0.717, 1.165) is 19.3 Å². The van der Waals surface area contributed by atoms with Crippen LogP contribution in [0.1, 0.15) is 249 Å². The normalized spacial score (nSPS) is 11.5. The summed E-state index contributed by atoms with van der Waals surface area (Å²) in [7, 11) is 0. The first-order valence-electron chi connectivity index (χ1n) is 21.6. The van der Waals surface area contributed by atoms with Gasteiger partial charge in [-0.1, -0.05) is 219 Å². The molecule has 0 aliphatic heterocycles. The van der Waals surface area contributed by atoms with Crippen LogP contribution >= 0.6 is 0 Å². The van der Waals surface area contributed by atoms with E-state index in [9.17, 15) is 0 Å². The second kappa shape index (κ2) is 35.5. The Morgan fingerprint density at radius 1 is 0.348 bits per heavy atom. The maximum atomic E-state index is 5.08. The second-order valence-corrected chi connectivity index (χ2v) is 15.0. The molecule has 1 aromatic heterocycles. The summed E-state index contributed by atoms with van der Waals surface area (Å²) < 4.78 is 0. The Morgan fingerprint density at radius 3 is 0.783 bits per heavy atom. The smallest absolute Gasteiger partial charge is 0.0409 e. The number of unbranched alkanes of at least 4 members (excludes halogenated alkanes) is 32. The zero-order valence-electron chi connectivity index (χ0n) is 32.0. The van der Waals surface area contributed by atoms with Crippen LogP contribution in [0.25, 0.3) is 0 Å². The predicted octanol–water partition coefficient (Wildman–Crippen LogP) is 15.8. The Hall–Kier alpha value is -0.850. The number of aryl methyl sites for hydroxylation is 2. The van der Waals surface area contributed by atoms with Crippen molar-refractivity contribution in [3.05, 3.63) is 36.0 Å². The fourth-order valence-electron chi connectivity index (χ4n) is 7.18. The van der Waals surface area contributed by atoms with Crippen molar-refractivity contribution < 1.29 is 0 Å². The molecule has 0 saturated carbocycles. The highest BCUT2D eigenvalue weighted by Gasteiger charge is 2.04. The van der Waals surface area contributed by atoms with Crippen LogP contribution in [0.2, 0.25) is 0 Å². The maximum absolute atomic E-state index is 5.08. The third-order valence-electron chi connectivity index (χ3n) is 10.4. The van der Waals surface area contributed by atoms with Crippen LogP contribution in [-0.2, 0) is 19.3 Å². The molecule has 0 unspecified atom stereocenters. The van der Waals surface area contributed by atoms with Gasteiger partial charge in [0.1, 0.15) is 0 Å². The Kier molecular flexibility index (Phi) is 33.3. The van der Waals surface area contributed by atoms with Gasteiger partial charge in [-0.3, -0.25) is 4.98 Å². The number of hydrogen-bond acceptors (Lipinski definition) is 1. The highest BCUT2D eigenvalue weighted by Crippen LogP contribution is 2.18. The van der Waals surface area contributed by atoms with Crippen molar-refractivity contribution >= 4 is 0 Å². The van der Waals surface area contributed by atoms with Crippen molar-refractivity contribution in [3.63, 3.8) is 0 Å². The molecule has 0 atom stereocenters. The molecule has 0 aliphatic rings.